The van der Waals surface area contributed by atoms with E-state index in [0.29, 0.717) is 5.01 Å². The smallest absolute Gasteiger partial charge is 0.268 e. The summed E-state index contributed by atoms with van der Waals surface area (Å²) < 4.78 is 26.0. The van der Waals surface area contributed by atoms with Crippen LogP contribution >= 0.6 is 11.3 Å². The zero-order valence-electron chi connectivity index (χ0n) is 12.4. The van der Waals surface area contributed by atoms with E-state index < -0.39 is 15.9 Å². The molecule has 0 atom stereocenters. The normalized spacial score (nSPS) is 15.5. The number of fused-ring (bicyclic) bond motifs is 1. The number of nitrogens with zero attached hydrogens (tertiary/aromatic N) is 2. The van der Waals surface area contributed by atoms with Gasteiger partial charge in [0, 0.05) is 10.9 Å². The molecule has 0 saturated heterocycles. The van der Waals surface area contributed by atoms with E-state index >= 15 is 0 Å². The van der Waals surface area contributed by atoms with E-state index in [-0.39, 0.29) is 17.0 Å². The summed E-state index contributed by atoms with van der Waals surface area (Å²) in [5.41, 5.74) is 1.95. The summed E-state index contributed by atoms with van der Waals surface area (Å²) >= 11 is 1.34. The van der Waals surface area contributed by atoms with Crippen molar-refractivity contribution in [1.82, 2.24) is 9.29 Å². The molecule has 0 N–H and O–H groups in total. The summed E-state index contributed by atoms with van der Waals surface area (Å²) in [6.45, 7) is -0.0483. The van der Waals surface area contributed by atoms with E-state index in [2.05, 4.69) is 4.98 Å². The molecule has 7 heteroatoms. The molecular weight excluding hydrogens is 344 g/mol. The Morgan fingerprint density at radius 1 is 1.00 bits per heavy atom. The highest BCUT2D eigenvalue weighted by Crippen LogP contribution is 2.32. The number of hydrogen-bond acceptors (Lipinski definition) is 5. The molecule has 1 aliphatic rings. The summed E-state index contributed by atoms with van der Waals surface area (Å²) in [6, 6.07) is 15.9. The van der Waals surface area contributed by atoms with Gasteiger partial charge >= 0.3 is 0 Å². The van der Waals surface area contributed by atoms with E-state index in [1.54, 1.807) is 12.1 Å². The molecule has 24 heavy (non-hydrogen) atoms. The monoisotopic (exact) mass is 356 g/mol. The predicted octanol–water partition coefficient (Wildman–Crippen LogP) is 3.15. The van der Waals surface area contributed by atoms with Gasteiger partial charge in [-0.3, -0.25) is 4.79 Å². The van der Waals surface area contributed by atoms with E-state index in [1.807, 2.05) is 35.7 Å². The third-order valence-electron chi connectivity index (χ3n) is 3.81. The van der Waals surface area contributed by atoms with Crippen LogP contribution in [0.1, 0.15) is 15.4 Å². The molecule has 4 rings (SSSR count). The van der Waals surface area contributed by atoms with Crippen LogP contribution in [0.3, 0.4) is 0 Å². The minimum atomic E-state index is -3.80. The van der Waals surface area contributed by atoms with Gasteiger partial charge in [-0.1, -0.05) is 42.5 Å². The average Bonchev–Trinajstić information content (AvgIpc) is 3.14. The van der Waals surface area contributed by atoms with Crippen LogP contribution < -0.4 is 0 Å². The molecule has 0 unspecified atom stereocenters. The lowest BCUT2D eigenvalue weighted by Crippen LogP contribution is -2.29. The van der Waals surface area contributed by atoms with Crippen LogP contribution in [-0.2, 0) is 16.6 Å². The maximum atomic E-state index is 12.6. The molecule has 2 aromatic carbocycles. The van der Waals surface area contributed by atoms with Crippen LogP contribution in [0.25, 0.3) is 11.3 Å². The Bertz CT molecular complexity index is 1030. The van der Waals surface area contributed by atoms with Crippen LogP contribution in [0, 0.1) is 0 Å². The van der Waals surface area contributed by atoms with E-state index in [4.69, 9.17) is 0 Å². The minimum Gasteiger partial charge on any atom is -0.268 e. The SMILES string of the molecule is O=C1c2ccccc2S(=O)(=O)N1Cc1nc(-c2ccccc2)cs1. The van der Waals surface area contributed by atoms with Gasteiger partial charge < -0.3 is 0 Å². The first-order chi connectivity index (χ1) is 11.6. The van der Waals surface area contributed by atoms with Gasteiger partial charge in [-0.25, -0.2) is 17.7 Å². The van der Waals surface area contributed by atoms with E-state index in [1.165, 1.54) is 23.5 Å². The number of amides is 1. The Hall–Kier alpha value is -2.51. The molecule has 1 aliphatic heterocycles. The first kappa shape index (κ1) is 15.0. The van der Waals surface area contributed by atoms with Crippen molar-refractivity contribution >= 4 is 27.3 Å². The van der Waals surface area contributed by atoms with Crippen molar-refractivity contribution in [2.75, 3.05) is 0 Å². The predicted molar refractivity (Wildman–Crippen MR) is 91.1 cm³/mol. The van der Waals surface area contributed by atoms with Crippen LogP contribution in [0.5, 0.6) is 0 Å². The molecule has 1 aromatic heterocycles. The fourth-order valence-corrected chi connectivity index (χ4v) is 5.04. The van der Waals surface area contributed by atoms with Crippen molar-refractivity contribution in [3.8, 4) is 11.3 Å². The van der Waals surface area contributed by atoms with Crippen molar-refractivity contribution in [3.63, 3.8) is 0 Å². The molecule has 0 saturated carbocycles. The highest BCUT2D eigenvalue weighted by molar-refractivity contribution is 7.90. The van der Waals surface area contributed by atoms with Crippen molar-refractivity contribution in [2.45, 2.75) is 11.4 Å². The highest BCUT2D eigenvalue weighted by Gasteiger charge is 2.41. The average molecular weight is 356 g/mol. The number of carbonyl (C=O) groups excluding carboxylic acids is 1. The molecule has 0 fully saturated rings. The summed E-state index contributed by atoms with van der Waals surface area (Å²) in [6.07, 6.45) is 0. The second-order valence-corrected chi connectivity index (χ2v) is 8.08. The summed E-state index contributed by atoms with van der Waals surface area (Å²) in [7, 11) is -3.80. The Morgan fingerprint density at radius 3 is 2.46 bits per heavy atom. The van der Waals surface area contributed by atoms with E-state index in [9.17, 15) is 13.2 Å². The van der Waals surface area contributed by atoms with Gasteiger partial charge in [0.1, 0.15) is 9.90 Å². The number of thiazole rings is 1. The van der Waals surface area contributed by atoms with Gasteiger partial charge in [-0.05, 0) is 12.1 Å². The second-order valence-electron chi connectivity index (χ2n) is 5.31. The third kappa shape index (κ3) is 2.33. The Balaban J connectivity index is 1.66. The van der Waals surface area contributed by atoms with Gasteiger partial charge in [-0.2, -0.15) is 0 Å². The minimum absolute atomic E-state index is 0.0483. The maximum absolute atomic E-state index is 12.6. The zero-order valence-corrected chi connectivity index (χ0v) is 14.0. The molecule has 5 nitrogen and oxygen atoms in total. The Labute approximate surface area is 143 Å². The van der Waals surface area contributed by atoms with Gasteiger partial charge in [0.25, 0.3) is 15.9 Å². The van der Waals surface area contributed by atoms with Crippen molar-refractivity contribution < 1.29 is 13.2 Å². The molecule has 1 amide bonds. The van der Waals surface area contributed by atoms with Crippen molar-refractivity contribution in [3.05, 3.63) is 70.5 Å². The Morgan fingerprint density at radius 2 is 1.71 bits per heavy atom. The number of carbonyl (C=O) groups is 1. The molecule has 3 aromatic rings. The molecule has 0 aliphatic carbocycles. The number of rotatable bonds is 3. The van der Waals surface area contributed by atoms with Gasteiger partial charge in [0.2, 0.25) is 0 Å². The lowest BCUT2D eigenvalue weighted by atomic mass is 10.2. The largest absolute Gasteiger partial charge is 0.269 e. The van der Waals surface area contributed by atoms with Crippen LogP contribution in [-0.4, -0.2) is 23.6 Å². The molecule has 0 bridgehead atoms. The van der Waals surface area contributed by atoms with Gasteiger partial charge in [-0.15, -0.1) is 11.3 Å². The van der Waals surface area contributed by atoms with Crippen LogP contribution in [0.2, 0.25) is 0 Å². The quantitative estimate of drug-likeness (QED) is 0.723. The Kier molecular flexibility index (Phi) is 3.47. The molecule has 120 valence electrons. The number of aromatic nitrogens is 1. The molecular formula is C17H12N2O3S2. The number of benzene rings is 2. The fourth-order valence-electron chi connectivity index (χ4n) is 2.64. The number of hydrogen-bond donors (Lipinski definition) is 0. The van der Waals surface area contributed by atoms with Gasteiger partial charge in [0.15, 0.2) is 0 Å². The molecule has 2 heterocycles. The first-order valence-electron chi connectivity index (χ1n) is 7.23. The maximum Gasteiger partial charge on any atom is 0.269 e. The molecule has 0 spiro atoms. The lowest BCUT2D eigenvalue weighted by Gasteiger charge is -2.12. The first-order valence-corrected chi connectivity index (χ1v) is 9.55. The van der Waals surface area contributed by atoms with Crippen molar-refractivity contribution in [1.29, 1.82) is 0 Å². The van der Waals surface area contributed by atoms with Crippen molar-refractivity contribution in [2.24, 2.45) is 0 Å². The summed E-state index contributed by atoms with van der Waals surface area (Å²) in [4.78, 5) is 16.9. The highest BCUT2D eigenvalue weighted by atomic mass is 32.2. The second kappa shape index (κ2) is 5.54. The third-order valence-corrected chi connectivity index (χ3v) is 6.43. The van der Waals surface area contributed by atoms with Gasteiger partial charge in [0.05, 0.1) is 17.8 Å². The summed E-state index contributed by atoms with van der Waals surface area (Å²) in [5.74, 6) is -0.498. The van der Waals surface area contributed by atoms with Crippen LogP contribution in [0.4, 0.5) is 0 Å². The van der Waals surface area contributed by atoms with Crippen LogP contribution in [0.15, 0.2) is 64.9 Å². The standard InChI is InChI=1S/C17H12N2O3S2/c20-17-13-8-4-5-9-15(13)24(21,22)19(17)10-16-18-14(11-23-16)12-6-2-1-3-7-12/h1-9,11H,10H2. The fraction of sp³-hybridized carbons (Fsp3) is 0.0588. The summed E-state index contributed by atoms with van der Waals surface area (Å²) in [5, 5.41) is 2.45. The zero-order chi connectivity index (χ0) is 16.7. The number of sulfonamides is 1. The topological polar surface area (TPSA) is 67.3 Å². The molecule has 0 radical (unpaired) electrons. The van der Waals surface area contributed by atoms with E-state index in [0.717, 1.165) is 15.6 Å². The lowest BCUT2D eigenvalue weighted by molar-refractivity contribution is 0.0865.